The van der Waals surface area contributed by atoms with Crippen molar-refractivity contribution in [3.05, 3.63) is 188 Å². The first kappa shape index (κ1) is 27.4. The van der Waals surface area contributed by atoms with Crippen molar-refractivity contribution in [2.24, 2.45) is 0 Å². The molecular weight excluding hydrogens is 558 g/mol. The molecule has 0 atom stereocenters. The lowest BCUT2D eigenvalue weighted by molar-refractivity contribution is 0.632. The molecule has 0 amide bonds. The smallest absolute Gasteiger partial charge is 0.145 e. The van der Waals surface area contributed by atoms with E-state index in [4.69, 9.17) is 4.42 Å². The fourth-order valence-corrected chi connectivity index (χ4v) is 6.36. The van der Waals surface area contributed by atoms with Crippen LogP contribution in [0.4, 0.5) is 17.1 Å². The Balaban J connectivity index is 1.33. The SMILES string of the molecule is c1ccc(-c2ccc(-c3ccccc3N(c3ccccc3)c3ccccc3-c3oc4ccccc4c3-c3ccccc3)cc2)cc1. The van der Waals surface area contributed by atoms with Crippen LogP contribution in [0.1, 0.15) is 0 Å². The summed E-state index contributed by atoms with van der Waals surface area (Å²) in [7, 11) is 0. The van der Waals surface area contributed by atoms with E-state index in [1.54, 1.807) is 0 Å². The van der Waals surface area contributed by atoms with Gasteiger partial charge in [0.1, 0.15) is 11.3 Å². The predicted molar refractivity (Wildman–Crippen MR) is 193 cm³/mol. The average molecular weight is 590 g/mol. The molecule has 0 aliphatic carbocycles. The Morgan fingerprint density at radius 3 is 1.52 bits per heavy atom. The Bertz CT molecular complexity index is 2230. The molecule has 8 rings (SSSR count). The third-order valence-corrected chi connectivity index (χ3v) is 8.51. The molecule has 218 valence electrons. The Morgan fingerprint density at radius 1 is 0.348 bits per heavy atom. The molecule has 0 bridgehead atoms. The summed E-state index contributed by atoms with van der Waals surface area (Å²) in [5.41, 5.74) is 12.0. The molecule has 0 spiro atoms. The number of nitrogens with zero attached hydrogens (tertiary/aromatic N) is 1. The summed E-state index contributed by atoms with van der Waals surface area (Å²) in [6.07, 6.45) is 0. The minimum Gasteiger partial charge on any atom is -0.455 e. The maximum absolute atomic E-state index is 6.75. The van der Waals surface area contributed by atoms with Gasteiger partial charge in [-0.1, -0.05) is 152 Å². The van der Waals surface area contributed by atoms with Gasteiger partial charge in [-0.2, -0.15) is 0 Å². The lowest BCUT2D eigenvalue weighted by atomic mass is 9.96. The second-order valence-electron chi connectivity index (χ2n) is 11.3. The number of anilines is 3. The van der Waals surface area contributed by atoms with Crippen LogP contribution in [0.5, 0.6) is 0 Å². The van der Waals surface area contributed by atoms with E-state index >= 15 is 0 Å². The number of benzene rings is 7. The Kier molecular flexibility index (Phi) is 7.22. The molecule has 0 unspecified atom stereocenters. The summed E-state index contributed by atoms with van der Waals surface area (Å²) in [5.74, 6) is 0.855. The summed E-state index contributed by atoms with van der Waals surface area (Å²) in [6.45, 7) is 0. The van der Waals surface area contributed by atoms with Crippen LogP contribution in [0.2, 0.25) is 0 Å². The van der Waals surface area contributed by atoms with Crippen molar-refractivity contribution in [2.45, 2.75) is 0 Å². The summed E-state index contributed by atoms with van der Waals surface area (Å²) in [6, 6.07) is 66.1. The Hall–Kier alpha value is -6.12. The van der Waals surface area contributed by atoms with Gasteiger partial charge >= 0.3 is 0 Å². The van der Waals surface area contributed by atoms with Gasteiger partial charge in [0.15, 0.2) is 0 Å². The third kappa shape index (κ3) is 5.06. The zero-order valence-electron chi connectivity index (χ0n) is 25.3. The zero-order valence-corrected chi connectivity index (χ0v) is 25.3. The first-order valence-electron chi connectivity index (χ1n) is 15.6. The second-order valence-corrected chi connectivity index (χ2v) is 11.3. The van der Waals surface area contributed by atoms with Crippen molar-refractivity contribution in [1.29, 1.82) is 0 Å². The molecule has 0 radical (unpaired) electrons. The number of fused-ring (bicyclic) bond motifs is 1. The van der Waals surface area contributed by atoms with E-state index in [0.29, 0.717) is 0 Å². The van der Waals surface area contributed by atoms with Crippen LogP contribution < -0.4 is 4.90 Å². The highest BCUT2D eigenvalue weighted by Gasteiger charge is 2.24. The molecule has 0 N–H and O–H groups in total. The average Bonchev–Trinajstić information content (AvgIpc) is 3.53. The molecule has 1 heterocycles. The van der Waals surface area contributed by atoms with Crippen LogP contribution in [0.15, 0.2) is 192 Å². The zero-order chi connectivity index (χ0) is 30.7. The highest BCUT2D eigenvalue weighted by molar-refractivity contribution is 6.04. The number of hydrogen-bond acceptors (Lipinski definition) is 2. The van der Waals surface area contributed by atoms with Crippen molar-refractivity contribution in [3.63, 3.8) is 0 Å². The first-order valence-corrected chi connectivity index (χ1v) is 15.6. The van der Waals surface area contributed by atoms with Crippen molar-refractivity contribution in [3.8, 4) is 44.7 Å². The molecule has 0 aliphatic heterocycles. The Morgan fingerprint density at radius 2 is 0.826 bits per heavy atom. The number of hydrogen-bond donors (Lipinski definition) is 0. The minimum atomic E-state index is 0.855. The molecule has 1 aromatic heterocycles. The Labute approximate surface area is 269 Å². The van der Waals surface area contributed by atoms with E-state index in [1.807, 2.05) is 6.07 Å². The molecular formula is C44H31NO. The van der Waals surface area contributed by atoms with Crippen LogP contribution in [-0.2, 0) is 0 Å². The highest BCUT2D eigenvalue weighted by Crippen LogP contribution is 2.48. The molecule has 2 heteroatoms. The molecule has 0 fully saturated rings. The first-order chi connectivity index (χ1) is 22.8. The maximum atomic E-state index is 6.75. The van der Waals surface area contributed by atoms with Gasteiger partial charge in [-0.15, -0.1) is 0 Å². The van der Waals surface area contributed by atoms with Crippen LogP contribution in [0.3, 0.4) is 0 Å². The summed E-state index contributed by atoms with van der Waals surface area (Å²) in [5, 5.41) is 1.10. The standard InChI is InChI=1S/C44H31NO/c1-4-16-32(17-5-1)33-28-30-34(31-29-33)37-22-10-13-25-40(37)45(36-20-8-3-9-21-36)41-26-14-11-23-38(41)44-43(35-18-6-2-7-19-35)39-24-12-15-27-42(39)46-44/h1-31H. The van der Waals surface area contributed by atoms with Gasteiger partial charge in [0.2, 0.25) is 0 Å². The molecule has 0 aliphatic rings. The van der Waals surface area contributed by atoms with Crippen LogP contribution in [0.25, 0.3) is 55.7 Å². The largest absolute Gasteiger partial charge is 0.455 e. The summed E-state index contributed by atoms with van der Waals surface area (Å²) in [4.78, 5) is 2.36. The number of furan rings is 1. The van der Waals surface area contributed by atoms with Gasteiger partial charge in [0.25, 0.3) is 0 Å². The van der Waals surface area contributed by atoms with Crippen molar-refractivity contribution in [1.82, 2.24) is 0 Å². The lowest BCUT2D eigenvalue weighted by Crippen LogP contribution is -2.12. The molecule has 8 aromatic rings. The van der Waals surface area contributed by atoms with Crippen LogP contribution >= 0.6 is 0 Å². The third-order valence-electron chi connectivity index (χ3n) is 8.51. The topological polar surface area (TPSA) is 16.4 Å². The highest BCUT2D eigenvalue weighted by atomic mass is 16.3. The second kappa shape index (κ2) is 12.1. The van der Waals surface area contributed by atoms with E-state index in [-0.39, 0.29) is 0 Å². The normalized spacial score (nSPS) is 11.0. The van der Waals surface area contributed by atoms with Gasteiger partial charge in [0, 0.05) is 27.8 Å². The van der Waals surface area contributed by atoms with E-state index in [1.165, 1.54) is 11.1 Å². The van der Waals surface area contributed by atoms with Crippen molar-refractivity contribution in [2.75, 3.05) is 4.90 Å². The minimum absolute atomic E-state index is 0.855. The lowest BCUT2D eigenvalue weighted by Gasteiger charge is -2.29. The van der Waals surface area contributed by atoms with Gasteiger partial charge in [-0.05, 0) is 58.7 Å². The van der Waals surface area contributed by atoms with E-state index in [2.05, 4.69) is 187 Å². The predicted octanol–water partition coefficient (Wildman–Crippen LogP) is 12.6. The number of rotatable bonds is 7. The fourth-order valence-electron chi connectivity index (χ4n) is 6.36. The van der Waals surface area contributed by atoms with Crippen LogP contribution in [0, 0.1) is 0 Å². The molecule has 0 saturated carbocycles. The summed E-state index contributed by atoms with van der Waals surface area (Å²) >= 11 is 0. The maximum Gasteiger partial charge on any atom is 0.145 e. The van der Waals surface area contributed by atoms with E-state index < -0.39 is 0 Å². The van der Waals surface area contributed by atoms with Crippen molar-refractivity contribution >= 4 is 28.0 Å². The van der Waals surface area contributed by atoms with E-state index in [0.717, 1.165) is 61.6 Å². The van der Waals surface area contributed by atoms with Gasteiger partial charge in [0.05, 0.1) is 11.4 Å². The van der Waals surface area contributed by atoms with Crippen molar-refractivity contribution < 1.29 is 4.42 Å². The van der Waals surface area contributed by atoms with Gasteiger partial charge < -0.3 is 9.32 Å². The van der Waals surface area contributed by atoms with E-state index in [9.17, 15) is 0 Å². The summed E-state index contributed by atoms with van der Waals surface area (Å²) < 4.78 is 6.75. The monoisotopic (exact) mass is 589 g/mol. The molecule has 46 heavy (non-hydrogen) atoms. The molecule has 2 nitrogen and oxygen atoms in total. The van der Waals surface area contributed by atoms with Gasteiger partial charge in [-0.3, -0.25) is 0 Å². The van der Waals surface area contributed by atoms with Crippen LogP contribution in [-0.4, -0.2) is 0 Å². The molecule has 7 aromatic carbocycles. The quantitative estimate of drug-likeness (QED) is 0.184. The van der Waals surface area contributed by atoms with Gasteiger partial charge in [-0.25, -0.2) is 0 Å². The molecule has 0 saturated heterocycles. The number of para-hydroxylation sites is 4. The fraction of sp³-hybridized carbons (Fsp3) is 0.